The highest BCUT2D eigenvalue weighted by molar-refractivity contribution is 5.45. The Morgan fingerprint density at radius 1 is 0.895 bits per heavy atom. The molecule has 0 aliphatic rings. The van der Waals surface area contributed by atoms with Crippen LogP contribution in [0.5, 0.6) is 0 Å². The third-order valence-corrected chi connectivity index (χ3v) is 3.06. The molecule has 1 aromatic heterocycles. The Bertz CT molecular complexity index is 491. The molecule has 3 heteroatoms. The van der Waals surface area contributed by atoms with Gasteiger partial charge in [0.05, 0.1) is 5.69 Å². The molecule has 1 heterocycles. The molecule has 2 aromatic rings. The van der Waals surface area contributed by atoms with Crippen molar-refractivity contribution in [3.63, 3.8) is 0 Å². The van der Waals surface area contributed by atoms with Gasteiger partial charge in [-0.2, -0.15) is 0 Å². The highest BCUT2D eigenvalue weighted by atomic mass is 15.1. The number of anilines is 1. The zero-order valence-corrected chi connectivity index (χ0v) is 11.9. The monoisotopic (exact) mass is 255 g/mol. The van der Waals surface area contributed by atoms with E-state index in [0.717, 1.165) is 18.8 Å². The van der Waals surface area contributed by atoms with Crippen molar-refractivity contribution < 1.29 is 0 Å². The molecule has 0 aliphatic heterocycles. The smallest absolute Gasteiger partial charge is 0.0543 e. The molecule has 3 nitrogen and oxygen atoms in total. The summed E-state index contributed by atoms with van der Waals surface area (Å²) >= 11 is 0. The second kappa shape index (κ2) is 6.34. The lowest BCUT2D eigenvalue weighted by molar-refractivity contribution is 0.315. The standard InChI is InChI=1S/C16H21N3/c1-18(2)16-9-7-14(8-10-16)12-19(3)13-15-6-4-5-11-17-15/h4-11H,12-13H2,1-3H3. The Morgan fingerprint density at radius 3 is 2.21 bits per heavy atom. The molecule has 0 N–H and O–H groups in total. The quantitative estimate of drug-likeness (QED) is 0.819. The van der Waals surface area contributed by atoms with Crippen LogP contribution in [0.2, 0.25) is 0 Å². The average Bonchev–Trinajstić information content (AvgIpc) is 2.40. The molecule has 0 spiro atoms. The minimum atomic E-state index is 0.871. The predicted octanol–water partition coefficient (Wildman–Crippen LogP) is 2.78. The minimum absolute atomic E-state index is 0.871. The molecule has 0 bridgehead atoms. The van der Waals surface area contributed by atoms with Gasteiger partial charge in [-0.25, -0.2) is 0 Å². The zero-order chi connectivity index (χ0) is 13.7. The number of hydrogen-bond acceptors (Lipinski definition) is 3. The van der Waals surface area contributed by atoms with E-state index in [2.05, 4.69) is 66.3 Å². The third kappa shape index (κ3) is 4.07. The summed E-state index contributed by atoms with van der Waals surface area (Å²) in [5.41, 5.74) is 3.66. The van der Waals surface area contributed by atoms with Gasteiger partial charge >= 0.3 is 0 Å². The molecule has 0 atom stereocenters. The maximum atomic E-state index is 4.35. The van der Waals surface area contributed by atoms with Gasteiger partial charge in [0, 0.05) is 39.1 Å². The summed E-state index contributed by atoms with van der Waals surface area (Å²) in [6.45, 7) is 1.81. The first kappa shape index (κ1) is 13.6. The van der Waals surface area contributed by atoms with E-state index in [-0.39, 0.29) is 0 Å². The van der Waals surface area contributed by atoms with Gasteiger partial charge in [0.2, 0.25) is 0 Å². The average molecular weight is 255 g/mol. The summed E-state index contributed by atoms with van der Waals surface area (Å²) in [4.78, 5) is 8.73. The Balaban J connectivity index is 1.93. The van der Waals surface area contributed by atoms with E-state index in [1.807, 2.05) is 18.3 Å². The van der Waals surface area contributed by atoms with Crippen molar-refractivity contribution in [3.05, 3.63) is 59.9 Å². The topological polar surface area (TPSA) is 19.4 Å². The van der Waals surface area contributed by atoms with Gasteiger partial charge in [0.15, 0.2) is 0 Å². The Hall–Kier alpha value is -1.87. The van der Waals surface area contributed by atoms with Crippen LogP contribution >= 0.6 is 0 Å². The van der Waals surface area contributed by atoms with Crippen LogP contribution in [-0.2, 0) is 13.1 Å². The third-order valence-electron chi connectivity index (χ3n) is 3.06. The van der Waals surface area contributed by atoms with Gasteiger partial charge in [-0.05, 0) is 36.9 Å². The van der Waals surface area contributed by atoms with Crippen LogP contribution in [0.15, 0.2) is 48.7 Å². The van der Waals surface area contributed by atoms with Crippen LogP contribution in [0.4, 0.5) is 5.69 Å². The first-order valence-electron chi connectivity index (χ1n) is 6.50. The second-order valence-corrected chi connectivity index (χ2v) is 5.05. The minimum Gasteiger partial charge on any atom is -0.378 e. The fourth-order valence-electron chi connectivity index (χ4n) is 2.04. The van der Waals surface area contributed by atoms with Crippen molar-refractivity contribution >= 4 is 5.69 Å². The van der Waals surface area contributed by atoms with Gasteiger partial charge < -0.3 is 4.90 Å². The van der Waals surface area contributed by atoms with Gasteiger partial charge in [-0.15, -0.1) is 0 Å². The molecule has 0 fully saturated rings. The van der Waals surface area contributed by atoms with Gasteiger partial charge in [0.25, 0.3) is 0 Å². The molecule has 0 aliphatic carbocycles. The van der Waals surface area contributed by atoms with Crippen molar-refractivity contribution in [1.82, 2.24) is 9.88 Å². The highest BCUT2D eigenvalue weighted by Crippen LogP contribution is 2.13. The lowest BCUT2D eigenvalue weighted by atomic mass is 10.2. The van der Waals surface area contributed by atoms with Crippen molar-refractivity contribution in [2.75, 3.05) is 26.0 Å². The van der Waals surface area contributed by atoms with Crippen LogP contribution in [0, 0.1) is 0 Å². The summed E-state index contributed by atoms with van der Waals surface area (Å²) in [6.07, 6.45) is 1.84. The van der Waals surface area contributed by atoms with Crippen LogP contribution in [0.25, 0.3) is 0 Å². The van der Waals surface area contributed by atoms with E-state index in [9.17, 15) is 0 Å². The summed E-state index contributed by atoms with van der Waals surface area (Å²) in [6, 6.07) is 14.7. The number of pyridine rings is 1. The summed E-state index contributed by atoms with van der Waals surface area (Å²) < 4.78 is 0. The lowest BCUT2D eigenvalue weighted by Crippen LogP contribution is -2.18. The normalized spacial score (nSPS) is 10.7. The molecule has 19 heavy (non-hydrogen) atoms. The Labute approximate surface area is 115 Å². The summed E-state index contributed by atoms with van der Waals surface area (Å²) in [5, 5.41) is 0. The molecule has 100 valence electrons. The van der Waals surface area contributed by atoms with Crippen LogP contribution in [0.3, 0.4) is 0 Å². The van der Waals surface area contributed by atoms with Crippen molar-refractivity contribution in [3.8, 4) is 0 Å². The van der Waals surface area contributed by atoms with Gasteiger partial charge in [-0.3, -0.25) is 9.88 Å². The van der Waals surface area contributed by atoms with E-state index in [4.69, 9.17) is 0 Å². The number of hydrogen-bond donors (Lipinski definition) is 0. The van der Waals surface area contributed by atoms with Gasteiger partial charge in [-0.1, -0.05) is 18.2 Å². The maximum absolute atomic E-state index is 4.35. The molecule has 0 saturated heterocycles. The molecule has 0 unspecified atom stereocenters. The molecule has 0 radical (unpaired) electrons. The first-order valence-corrected chi connectivity index (χ1v) is 6.50. The zero-order valence-electron chi connectivity index (χ0n) is 11.9. The van der Waals surface area contributed by atoms with E-state index in [0.29, 0.717) is 0 Å². The first-order chi connectivity index (χ1) is 9.15. The van der Waals surface area contributed by atoms with E-state index in [1.165, 1.54) is 11.3 Å². The molecular formula is C16H21N3. The van der Waals surface area contributed by atoms with Crippen molar-refractivity contribution in [2.24, 2.45) is 0 Å². The largest absolute Gasteiger partial charge is 0.378 e. The maximum Gasteiger partial charge on any atom is 0.0543 e. The van der Waals surface area contributed by atoms with Gasteiger partial charge in [0.1, 0.15) is 0 Å². The number of aromatic nitrogens is 1. The van der Waals surface area contributed by atoms with E-state index >= 15 is 0 Å². The number of nitrogens with zero attached hydrogens (tertiary/aromatic N) is 3. The lowest BCUT2D eigenvalue weighted by Gasteiger charge is -2.17. The predicted molar refractivity (Wildman–Crippen MR) is 80.2 cm³/mol. The molecular weight excluding hydrogens is 234 g/mol. The molecule has 0 saturated carbocycles. The summed E-state index contributed by atoms with van der Waals surface area (Å²) in [5.74, 6) is 0. The van der Waals surface area contributed by atoms with Crippen LogP contribution in [-0.4, -0.2) is 31.0 Å². The Morgan fingerprint density at radius 2 is 1.63 bits per heavy atom. The molecule has 0 amide bonds. The van der Waals surface area contributed by atoms with Crippen LogP contribution in [0.1, 0.15) is 11.3 Å². The highest BCUT2D eigenvalue weighted by Gasteiger charge is 2.03. The van der Waals surface area contributed by atoms with Crippen molar-refractivity contribution in [1.29, 1.82) is 0 Å². The second-order valence-electron chi connectivity index (χ2n) is 5.05. The van der Waals surface area contributed by atoms with E-state index in [1.54, 1.807) is 0 Å². The number of rotatable bonds is 5. The molecule has 2 rings (SSSR count). The SMILES string of the molecule is CN(Cc1ccc(N(C)C)cc1)Cc1ccccn1. The van der Waals surface area contributed by atoms with Crippen LogP contribution < -0.4 is 4.90 Å². The fourth-order valence-corrected chi connectivity index (χ4v) is 2.04. The fraction of sp³-hybridized carbons (Fsp3) is 0.312. The van der Waals surface area contributed by atoms with E-state index < -0.39 is 0 Å². The Kier molecular flexibility index (Phi) is 4.53. The summed E-state index contributed by atoms with van der Waals surface area (Å²) in [7, 11) is 6.24. The number of benzene rings is 1. The molecule has 1 aromatic carbocycles. The van der Waals surface area contributed by atoms with Crippen molar-refractivity contribution in [2.45, 2.75) is 13.1 Å².